The van der Waals surface area contributed by atoms with Gasteiger partial charge in [-0.05, 0) is 29.8 Å². The van der Waals surface area contributed by atoms with E-state index >= 15 is 0 Å². The summed E-state index contributed by atoms with van der Waals surface area (Å²) in [6, 6.07) is 12.7. The van der Waals surface area contributed by atoms with Crippen LogP contribution < -0.4 is 24.8 Å². The summed E-state index contributed by atoms with van der Waals surface area (Å²) in [5, 5.41) is 5.63. The monoisotopic (exact) mass is 354 g/mol. The minimum Gasteiger partial charge on any atom is -0.491 e. The van der Waals surface area contributed by atoms with E-state index in [1.54, 1.807) is 12.1 Å². The van der Waals surface area contributed by atoms with Crippen molar-refractivity contribution < 1.29 is 23.8 Å². The number of ether oxygens (including phenoxy) is 3. The standard InChI is InChI=1S/C19H18N2O5/c22-18(20-9-12-5-6-16-17(7-12)26-11-25-16)8-13-10-24-15-4-2-1-3-14(15)21-19(13)23/h1-7,13H,8-11H2,(H,20,22)(H,21,23)/t13-/m0/s1. The second kappa shape index (κ2) is 6.95. The van der Waals surface area contributed by atoms with Gasteiger partial charge in [0, 0.05) is 13.0 Å². The van der Waals surface area contributed by atoms with E-state index in [0.717, 1.165) is 5.56 Å². The zero-order valence-corrected chi connectivity index (χ0v) is 14.0. The molecule has 4 rings (SSSR count). The lowest BCUT2D eigenvalue weighted by atomic mass is 10.1. The molecule has 0 aromatic heterocycles. The molecular formula is C19H18N2O5. The molecule has 2 aromatic carbocycles. The fourth-order valence-electron chi connectivity index (χ4n) is 2.90. The van der Waals surface area contributed by atoms with Gasteiger partial charge in [-0.15, -0.1) is 0 Å². The summed E-state index contributed by atoms with van der Waals surface area (Å²) in [5.74, 6) is 1.02. The van der Waals surface area contributed by atoms with Crippen molar-refractivity contribution in [3.63, 3.8) is 0 Å². The molecule has 7 nitrogen and oxygen atoms in total. The third-order valence-electron chi connectivity index (χ3n) is 4.31. The van der Waals surface area contributed by atoms with Crippen molar-refractivity contribution in [3.05, 3.63) is 48.0 Å². The Morgan fingerprint density at radius 1 is 1.08 bits per heavy atom. The van der Waals surface area contributed by atoms with E-state index < -0.39 is 5.92 Å². The van der Waals surface area contributed by atoms with Crippen LogP contribution in [0.25, 0.3) is 0 Å². The number of carbonyl (C=O) groups is 2. The summed E-state index contributed by atoms with van der Waals surface area (Å²) < 4.78 is 16.2. The van der Waals surface area contributed by atoms with Crippen molar-refractivity contribution in [2.24, 2.45) is 5.92 Å². The summed E-state index contributed by atoms with van der Waals surface area (Å²) in [6.07, 6.45) is 0.0599. The van der Waals surface area contributed by atoms with Gasteiger partial charge in [0.1, 0.15) is 12.4 Å². The van der Waals surface area contributed by atoms with Crippen LogP contribution >= 0.6 is 0 Å². The first kappa shape index (κ1) is 16.3. The second-order valence-electron chi connectivity index (χ2n) is 6.16. The van der Waals surface area contributed by atoms with Crippen molar-refractivity contribution in [1.82, 2.24) is 5.32 Å². The Labute approximate surface area is 150 Å². The minimum atomic E-state index is -0.542. The molecule has 2 aliphatic rings. The van der Waals surface area contributed by atoms with Crippen molar-refractivity contribution in [2.45, 2.75) is 13.0 Å². The van der Waals surface area contributed by atoms with Crippen LogP contribution in [0.15, 0.2) is 42.5 Å². The second-order valence-corrected chi connectivity index (χ2v) is 6.16. The van der Waals surface area contributed by atoms with Crippen LogP contribution in [0.2, 0.25) is 0 Å². The molecule has 2 amide bonds. The fraction of sp³-hybridized carbons (Fsp3) is 0.263. The van der Waals surface area contributed by atoms with E-state index in [2.05, 4.69) is 10.6 Å². The molecule has 2 N–H and O–H groups in total. The van der Waals surface area contributed by atoms with Gasteiger partial charge in [-0.2, -0.15) is 0 Å². The van der Waals surface area contributed by atoms with Crippen LogP contribution in [0.4, 0.5) is 5.69 Å². The highest BCUT2D eigenvalue weighted by molar-refractivity contribution is 5.97. The van der Waals surface area contributed by atoms with Gasteiger partial charge in [-0.1, -0.05) is 18.2 Å². The van der Waals surface area contributed by atoms with E-state index in [0.29, 0.717) is 29.5 Å². The Morgan fingerprint density at radius 2 is 1.92 bits per heavy atom. The first-order valence-electron chi connectivity index (χ1n) is 8.37. The Morgan fingerprint density at radius 3 is 2.85 bits per heavy atom. The molecule has 0 spiro atoms. The highest BCUT2D eigenvalue weighted by atomic mass is 16.7. The van der Waals surface area contributed by atoms with Gasteiger partial charge in [0.2, 0.25) is 18.6 Å². The molecule has 0 saturated heterocycles. The molecule has 2 aromatic rings. The lowest BCUT2D eigenvalue weighted by Gasteiger charge is -2.13. The predicted molar refractivity (Wildman–Crippen MR) is 93.1 cm³/mol. The van der Waals surface area contributed by atoms with E-state index in [9.17, 15) is 9.59 Å². The maximum atomic E-state index is 12.3. The molecule has 0 radical (unpaired) electrons. The molecule has 0 fully saturated rings. The summed E-state index contributed by atoms with van der Waals surface area (Å²) >= 11 is 0. The van der Waals surface area contributed by atoms with Crippen LogP contribution in [0.5, 0.6) is 17.2 Å². The van der Waals surface area contributed by atoms with Crippen molar-refractivity contribution in [3.8, 4) is 17.2 Å². The number of benzene rings is 2. The number of nitrogens with one attached hydrogen (secondary N) is 2. The third-order valence-corrected chi connectivity index (χ3v) is 4.31. The number of anilines is 1. The number of hydrogen-bond donors (Lipinski definition) is 2. The molecule has 7 heteroatoms. The summed E-state index contributed by atoms with van der Waals surface area (Å²) in [7, 11) is 0. The van der Waals surface area contributed by atoms with Crippen LogP contribution in [-0.2, 0) is 16.1 Å². The summed E-state index contributed by atoms with van der Waals surface area (Å²) in [5.41, 5.74) is 1.53. The maximum Gasteiger partial charge on any atom is 0.231 e. The van der Waals surface area contributed by atoms with Gasteiger partial charge in [-0.3, -0.25) is 9.59 Å². The average Bonchev–Trinajstić information content (AvgIpc) is 3.06. The molecule has 2 aliphatic heterocycles. The first-order chi connectivity index (χ1) is 12.7. The lowest BCUT2D eigenvalue weighted by molar-refractivity contribution is -0.128. The van der Waals surface area contributed by atoms with E-state index in [1.807, 2.05) is 30.3 Å². The molecule has 0 unspecified atom stereocenters. The summed E-state index contributed by atoms with van der Waals surface area (Å²) in [4.78, 5) is 24.6. The zero-order chi connectivity index (χ0) is 17.9. The smallest absolute Gasteiger partial charge is 0.231 e. The highest BCUT2D eigenvalue weighted by Gasteiger charge is 2.26. The van der Waals surface area contributed by atoms with Gasteiger partial charge >= 0.3 is 0 Å². The number of rotatable bonds is 4. The van der Waals surface area contributed by atoms with Crippen molar-refractivity contribution >= 4 is 17.5 Å². The molecule has 134 valence electrons. The molecule has 0 aliphatic carbocycles. The van der Waals surface area contributed by atoms with Crippen LogP contribution in [0, 0.1) is 5.92 Å². The molecule has 26 heavy (non-hydrogen) atoms. The summed E-state index contributed by atoms with van der Waals surface area (Å²) in [6.45, 7) is 0.732. The number of hydrogen-bond acceptors (Lipinski definition) is 5. The van der Waals surface area contributed by atoms with Gasteiger partial charge in [0.25, 0.3) is 0 Å². The predicted octanol–water partition coefficient (Wildman–Crippen LogP) is 2.07. The van der Waals surface area contributed by atoms with Crippen LogP contribution in [0.1, 0.15) is 12.0 Å². The number of para-hydroxylation sites is 2. The Balaban J connectivity index is 1.33. The number of fused-ring (bicyclic) bond motifs is 2. The SMILES string of the molecule is O=C(C[C@H]1COc2ccccc2NC1=O)NCc1ccc2c(c1)OCO2. The normalized spacial score (nSPS) is 17.5. The molecule has 1 atom stereocenters. The minimum absolute atomic E-state index is 0.0599. The van der Waals surface area contributed by atoms with Crippen molar-refractivity contribution in [1.29, 1.82) is 0 Å². The first-order valence-corrected chi connectivity index (χ1v) is 8.37. The quantitative estimate of drug-likeness (QED) is 0.878. The van der Waals surface area contributed by atoms with Gasteiger partial charge < -0.3 is 24.8 Å². The van der Waals surface area contributed by atoms with E-state index in [1.165, 1.54) is 0 Å². The molecule has 2 heterocycles. The van der Waals surface area contributed by atoms with Crippen LogP contribution in [-0.4, -0.2) is 25.2 Å². The topological polar surface area (TPSA) is 85.9 Å². The fourth-order valence-corrected chi connectivity index (χ4v) is 2.90. The van der Waals surface area contributed by atoms with E-state index in [-0.39, 0.29) is 31.6 Å². The lowest BCUT2D eigenvalue weighted by Crippen LogP contribution is -2.32. The van der Waals surface area contributed by atoms with Gasteiger partial charge in [0.05, 0.1) is 11.6 Å². The van der Waals surface area contributed by atoms with Gasteiger partial charge in [-0.25, -0.2) is 0 Å². The van der Waals surface area contributed by atoms with Crippen molar-refractivity contribution in [2.75, 3.05) is 18.7 Å². The number of amides is 2. The van der Waals surface area contributed by atoms with E-state index in [4.69, 9.17) is 14.2 Å². The third kappa shape index (κ3) is 3.42. The molecule has 0 saturated carbocycles. The largest absolute Gasteiger partial charge is 0.491 e. The highest BCUT2D eigenvalue weighted by Crippen LogP contribution is 2.32. The molecule has 0 bridgehead atoms. The van der Waals surface area contributed by atoms with Gasteiger partial charge in [0.15, 0.2) is 11.5 Å². The van der Waals surface area contributed by atoms with Crippen LogP contribution in [0.3, 0.4) is 0 Å². The Kier molecular flexibility index (Phi) is 4.35. The average molecular weight is 354 g/mol. The zero-order valence-electron chi connectivity index (χ0n) is 14.0. The molecular weight excluding hydrogens is 336 g/mol. The Bertz CT molecular complexity index is 852. The Hall–Kier alpha value is -3.22. The maximum absolute atomic E-state index is 12.3. The number of carbonyl (C=O) groups excluding carboxylic acids is 2.